The van der Waals surface area contributed by atoms with Crippen LogP contribution in [0.5, 0.6) is 0 Å². The van der Waals surface area contributed by atoms with E-state index in [9.17, 15) is 14.7 Å². The molecule has 0 heterocycles. The maximum atomic E-state index is 12.0. The van der Waals surface area contributed by atoms with Gasteiger partial charge in [-0.05, 0) is 51.4 Å². The molecule has 0 aromatic carbocycles. The number of carbonyl (C=O) groups is 2. The Kier molecular flexibility index (Phi) is 37.5. The SMILES string of the molecule is CC/C=C\C/C=C\C/C=C\C/C=C\CCCCC(=O)OC[C@H](O)COC(=O)CCCCCCCCCCCCCCCCCCCCC. The molecule has 0 rings (SSSR count). The van der Waals surface area contributed by atoms with Crippen molar-refractivity contribution in [3.05, 3.63) is 48.6 Å². The molecule has 5 heteroatoms. The number of aliphatic hydroxyl groups is 1. The molecule has 0 saturated heterocycles. The van der Waals surface area contributed by atoms with Crippen LogP contribution in [-0.4, -0.2) is 36.4 Å². The largest absolute Gasteiger partial charge is 0.463 e. The van der Waals surface area contributed by atoms with Gasteiger partial charge < -0.3 is 14.6 Å². The normalized spacial score (nSPS) is 12.6. The highest BCUT2D eigenvalue weighted by Crippen LogP contribution is 2.15. The van der Waals surface area contributed by atoms with Crippen molar-refractivity contribution in [2.45, 2.75) is 200 Å². The van der Waals surface area contributed by atoms with E-state index in [4.69, 9.17) is 9.47 Å². The van der Waals surface area contributed by atoms with E-state index in [2.05, 4.69) is 62.5 Å². The van der Waals surface area contributed by atoms with Crippen molar-refractivity contribution in [2.24, 2.45) is 0 Å². The standard InChI is InChI=1S/C43H76O5/c1-3-5-7-9-11-13-15-17-19-20-21-22-24-26-28-30-32-34-36-38-43(46)48-40-41(44)39-47-42(45)37-35-33-31-29-27-25-23-18-16-14-12-10-8-6-4-2/h6,8,12,14,18,23,27,29,41,44H,3-5,7,9-11,13,15-17,19-22,24-26,28,30-40H2,1-2H3/b8-6-,14-12-,23-18-,29-27-/t41-/m0/s1. The molecule has 0 aromatic heterocycles. The Balaban J connectivity index is 3.46. The van der Waals surface area contributed by atoms with E-state index in [1.54, 1.807) is 0 Å². The third-order valence-electron chi connectivity index (χ3n) is 8.58. The fourth-order valence-electron chi connectivity index (χ4n) is 5.55. The average Bonchev–Trinajstić information content (AvgIpc) is 3.09. The second-order valence-electron chi connectivity index (χ2n) is 13.4. The molecule has 0 bridgehead atoms. The molecule has 0 amide bonds. The molecule has 5 nitrogen and oxygen atoms in total. The molecule has 0 fully saturated rings. The van der Waals surface area contributed by atoms with Gasteiger partial charge in [-0.3, -0.25) is 9.59 Å². The molecular weight excluding hydrogens is 596 g/mol. The molecule has 48 heavy (non-hydrogen) atoms. The van der Waals surface area contributed by atoms with E-state index in [-0.39, 0.29) is 25.2 Å². The van der Waals surface area contributed by atoms with Crippen molar-refractivity contribution in [3.8, 4) is 0 Å². The first-order valence-corrected chi connectivity index (χ1v) is 20.2. The molecule has 0 spiro atoms. The summed E-state index contributed by atoms with van der Waals surface area (Å²) in [5.41, 5.74) is 0. The van der Waals surface area contributed by atoms with Gasteiger partial charge in [0.1, 0.15) is 19.3 Å². The van der Waals surface area contributed by atoms with Crippen molar-refractivity contribution >= 4 is 11.9 Å². The summed E-state index contributed by atoms with van der Waals surface area (Å²) in [4.78, 5) is 23.9. The third kappa shape index (κ3) is 38.3. The molecule has 278 valence electrons. The van der Waals surface area contributed by atoms with E-state index in [0.717, 1.165) is 64.2 Å². The number of ether oxygens (including phenoxy) is 2. The minimum absolute atomic E-state index is 0.128. The van der Waals surface area contributed by atoms with Gasteiger partial charge in [0.25, 0.3) is 0 Å². The minimum Gasteiger partial charge on any atom is -0.463 e. The van der Waals surface area contributed by atoms with Crippen LogP contribution in [0.15, 0.2) is 48.6 Å². The van der Waals surface area contributed by atoms with E-state index in [0.29, 0.717) is 12.8 Å². The third-order valence-corrected chi connectivity index (χ3v) is 8.58. The van der Waals surface area contributed by atoms with Crippen LogP contribution in [0.2, 0.25) is 0 Å². The smallest absolute Gasteiger partial charge is 0.305 e. The number of unbranched alkanes of at least 4 members (excludes halogenated alkanes) is 20. The molecule has 1 N–H and O–H groups in total. The zero-order valence-corrected chi connectivity index (χ0v) is 31.5. The first-order valence-electron chi connectivity index (χ1n) is 20.2. The van der Waals surface area contributed by atoms with Gasteiger partial charge in [-0.1, -0.05) is 178 Å². The number of esters is 2. The molecule has 0 aliphatic carbocycles. The second kappa shape index (κ2) is 39.3. The van der Waals surface area contributed by atoms with Gasteiger partial charge in [0.2, 0.25) is 0 Å². The Morgan fingerprint density at radius 3 is 1.19 bits per heavy atom. The Morgan fingerprint density at radius 1 is 0.458 bits per heavy atom. The minimum atomic E-state index is -0.979. The highest BCUT2D eigenvalue weighted by Gasteiger charge is 2.12. The lowest BCUT2D eigenvalue weighted by Crippen LogP contribution is -2.25. The van der Waals surface area contributed by atoms with Crippen LogP contribution in [0, 0.1) is 0 Å². The number of carbonyl (C=O) groups excluding carboxylic acids is 2. The van der Waals surface area contributed by atoms with Crippen LogP contribution in [0.4, 0.5) is 0 Å². The molecule has 0 aromatic rings. The van der Waals surface area contributed by atoms with Gasteiger partial charge in [0.15, 0.2) is 0 Å². The fraction of sp³-hybridized carbons (Fsp3) is 0.767. The average molecular weight is 673 g/mol. The number of hydrogen-bond donors (Lipinski definition) is 1. The van der Waals surface area contributed by atoms with Gasteiger partial charge in [-0.2, -0.15) is 0 Å². The predicted octanol–water partition coefficient (Wildman–Crippen LogP) is 12.6. The Morgan fingerprint density at radius 2 is 0.792 bits per heavy atom. The molecular formula is C43H76O5. The van der Waals surface area contributed by atoms with E-state index in [1.165, 1.54) is 103 Å². The molecule has 0 saturated carbocycles. The zero-order valence-electron chi connectivity index (χ0n) is 31.5. The highest BCUT2D eigenvalue weighted by molar-refractivity contribution is 5.69. The van der Waals surface area contributed by atoms with E-state index >= 15 is 0 Å². The zero-order chi connectivity index (χ0) is 35.0. The maximum Gasteiger partial charge on any atom is 0.305 e. The summed E-state index contributed by atoms with van der Waals surface area (Å²) >= 11 is 0. The van der Waals surface area contributed by atoms with Crippen LogP contribution < -0.4 is 0 Å². The quantitative estimate of drug-likeness (QED) is 0.0407. The van der Waals surface area contributed by atoms with Crippen molar-refractivity contribution in [2.75, 3.05) is 13.2 Å². The van der Waals surface area contributed by atoms with Gasteiger partial charge in [-0.15, -0.1) is 0 Å². The Bertz CT molecular complexity index is 812. The summed E-state index contributed by atoms with van der Waals surface area (Å²) in [5, 5.41) is 10.0. The number of aliphatic hydroxyl groups excluding tert-OH is 1. The molecule has 0 aliphatic heterocycles. The summed E-state index contributed by atoms with van der Waals surface area (Å²) in [6.07, 6.45) is 48.9. The predicted molar refractivity (Wildman–Crippen MR) is 205 cm³/mol. The number of rotatable bonds is 36. The molecule has 0 radical (unpaired) electrons. The van der Waals surface area contributed by atoms with Crippen LogP contribution in [0.1, 0.15) is 194 Å². The Labute approximate surface area is 297 Å². The van der Waals surface area contributed by atoms with Gasteiger partial charge in [0, 0.05) is 12.8 Å². The summed E-state index contributed by atoms with van der Waals surface area (Å²) in [7, 11) is 0. The summed E-state index contributed by atoms with van der Waals surface area (Å²) in [5.74, 6) is -0.609. The second-order valence-corrected chi connectivity index (χ2v) is 13.4. The topological polar surface area (TPSA) is 72.8 Å². The monoisotopic (exact) mass is 673 g/mol. The molecule has 0 unspecified atom stereocenters. The van der Waals surface area contributed by atoms with Crippen molar-refractivity contribution in [1.29, 1.82) is 0 Å². The first kappa shape index (κ1) is 45.9. The van der Waals surface area contributed by atoms with E-state index < -0.39 is 6.10 Å². The van der Waals surface area contributed by atoms with Gasteiger partial charge in [0.05, 0.1) is 0 Å². The van der Waals surface area contributed by atoms with Crippen LogP contribution in [0.25, 0.3) is 0 Å². The summed E-state index contributed by atoms with van der Waals surface area (Å²) in [6, 6.07) is 0. The van der Waals surface area contributed by atoms with Crippen molar-refractivity contribution < 1.29 is 24.2 Å². The Hall–Kier alpha value is -2.14. The van der Waals surface area contributed by atoms with Gasteiger partial charge >= 0.3 is 11.9 Å². The van der Waals surface area contributed by atoms with Gasteiger partial charge in [-0.25, -0.2) is 0 Å². The number of allylic oxidation sites excluding steroid dienone is 8. The lowest BCUT2D eigenvalue weighted by molar-refractivity contribution is -0.152. The van der Waals surface area contributed by atoms with Crippen LogP contribution in [0.3, 0.4) is 0 Å². The van der Waals surface area contributed by atoms with Crippen LogP contribution >= 0.6 is 0 Å². The molecule has 1 atom stereocenters. The fourth-order valence-corrected chi connectivity index (χ4v) is 5.55. The molecule has 0 aliphatic rings. The number of hydrogen-bond acceptors (Lipinski definition) is 5. The lowest BCUT2D eigenvalue weighted by atomic mass is 10.0. The maximum absolute atomic E-state index is 12.0. The van der Waals surface area contributed by atoms with Crippen molar-refractivity contribution in [3.63, 3.8) is 0 Å². The highest BCUT2D eigenvalue weighted by atomic mass is 16.6. The lowest BCUT2D eigenvalue weighted by Gasteiger charge is -2.12. The summed E-state index contributed by atoms with van der Waals surface area (Å²) in [6.45, 7) is 4.16. The van der Waals surface area contributed by atoms with E-state index in [1.807, 2.05) is 0 Å². The van der Waals surface area contributed by atoms with Crippen molar-refractivity contribution in [1.82, 2.24) is 0 Å². The first-order chi connectivity index (χ1) is 23.6. The summed E-state index contributed by atoms with van der Waals surface area (Å²) < 4.78 is 10.3. The van der Waals surface area contributed by atoms with Crippen LogP contribution in [-0.2, 0) is 19.1 Å².